The molecule has 0 unspecified atom stereocenters. The van der Waals surface area contributed by atoms with Crippen LogP contribution in [-0.4, -0.2) is 70.2 Å². The lowest BCUT2D eigenvalue weighted by Crippen LogP contribution is -2.44. The third kappa shape index (κ3) is 4.06. The van der Waals surface area contributed by atoms with Crippen LogP contribution in [0.15, 0.2) is 36.9 Å². The molecule has 0 radical (unpaired) electrons. The normalized spacial score (nSPS) is 20.6. The zero-order chi connectivity index (χ0) is 19.7. The third-order valence-corrected chi connectivity index (χ3v) is 6.69. The molecule has 148 valence electrons. The molecule has 10 heteroatoms. The van der Waals surface area contributed by atoms with Crippen molar-refractivity contribution in [1.29, 1.82) is 0 Å². The quantitative estimate of drug-likeness (QED) is 0.648. The minimum atomic E-state index is -3.09. The predicted octanol–water partition coefficient (Wildman–Crippen LogP) is 0.602. The summed E-state index contributed by atoms with van der Waals surface area (Å²) in [5.41, 5.74) is 1.06. The van der Waals surface area contributed by atoms with Crippen molar-refractivity contribution in [3.05, 3.63) is 42.5 Å². The van der Waals surface area contributed by atoms with Crippen molar-refractivity contribution in [1.82, 2.24) is 19.7 Å². The van der Waals surface area contributed by atoms with E-state index in [2.05, 4.69) is 10.1 Å². The summed E-state index contributed by atoms with van der Waals surface area (Å²) in [5, 5.41) is 4.01. The van der Waals surface area contributed by atoms with Crippen LogP contribution in [0.3, 0.4) is 0 Å². The summed E-state index contributed by atoms with van der Waals surface area (Å²) in [6.07, 6.45) is 5.12. The van der Waals surface area contributed by atoms with Gasteiger partial charge in [0.05, 0.1) is 22.8 Å². The number of esters is 1. The molecule has 0 spiro atoms. The summed E-state index contributed by atoms with van der Waals surface area (Å²) in [5.74, 6) is -0.843. The molecule has 1 atom stereocenters. The molecule has 9 nitrogen and oxygen atoms in total. The summed E-state index contributed by atoms with van der Waals surface area (Å²) in [4.78, 5) is 30.3. The Bertz CT molecular complexity index is 968. The van der Waals surface area contributed by atoms with E-state index in [-0.39, 0.29) is 29.5 Å². The van der Waals surface area contributed by atoms with Crippen LogP contribution in [0.2, 0.25) is 0 Å². The summed E-state index contributed by atoms with van der Waals surface area (Å²) >= 11 is 0. The highest BCUT2D eigenvalue weighted by Crippen LogP contribution is 2.32. The highest BCUT2D eigenvalue weighted by atomic mass is 32.2. The Morgan fingerprint density at radius 3 is 2.46 bits per heavy atom. The summed E-state index contributed by atoms with van der Waals surface area (Å²) < 4.78 is 30.2. The zero-order valence-electron chi connectivity index (χ0n) is 15.1. The molecule has 2 heterocycles. The number of sulfone groups is 1. The van der Waals surface area contributed by atoms with Crippen LogP contribution in [0.4, 0.5) is 0 Å². The molecule has 2 aliphatic rings. The van der Waals surface area contributed by atoms with Gasteiger partial charge in [-0.2, -0.15) is 5.10 Å². The molecule has 0 bridgehead atoms. The van der Waals surface area contributed by atoms with E-state index in [4.69, 9.17) is 4.74 Å². The third-order valence-electron chi connectivity index (χ3n) is 4.94. The van der Waals surface area contributed by atoms with Crippen LogP contribution >= 0.6 is 0 Å². The largest absolute Gasteiger partial charge is 0.452 e. The molecule has 1 aromatic carbocycles. The first-order valence-electron chi connectivity index (χ1n) is 9.07. The lowest BCUT2D eigenvalue weighted by Gasteiger charge is -2.28. The lowest BCUT2D eigenvalue weighted by atomic mass is 10.2. The Labute approximate surface area is 162 Å². The lowest BCUT2D eigenvalue weighted by molar-refractivity contribution is -0.137. The second-order valence-electron chi connectivity index (χ2n) is 7.05. The molecule has 1 amide bonds. The maximum Gasteiger partial charge on any atom is 0.338 e. The molecular weight excluding hydrogens is 384 g/mol. The van der Waals surface area contributed by atoms with Crippen LogP contribution in [0.5, 0.6) is 0 Å². The fourth-order valence-electron chi connectivity index (χ4n) is 3.43. The van der Waals surface area contributed by atoms with Crippen molar-refractivity contribution in [2.45, 2.75) is 31.3 Å². The van der Waals surface area contributed by atoms with E-state index >= 15 is 0 Å². The van der Waals surface area contributed by atoms with Crippen molar-refractivity contribution in [2.75, 3.05) is 18.1 Å². The Hall–Kier alpha value is -2.75. The van der Waals surface area contributed by atoms with E-state index in [9.17, 15) is 18.0 Å². The Balaban J connectivity index is 1.36. The standard InChI is InChI=1S/C18H20N4O5S/c23-17(22(15-5-6-15)16-7-8-28(25,26)10-16)9-27-18(24)13-1-3-14(4-2-13)21-12-19-11-20-21/h1-4,11-12,15-16H,5-10H2/t16-/m1/s1. The number of hydrogen-bond donors (Lipinski definition) is 0. The van der Waals surface area contributed by atoms with Crippen molar-refractivity contribution >= 4 is 21.7 Å². The van der Waals surface area contributed by atoms with Gasteiger partial charge in [-0.05, 0) is 43.5 Å². The molecule has 2 aromatic rings. The fraction of sp³-hybridized carbons (Fsp3) is 0.444. The van der Waals surface area contributed by atoms with Crippen molar-refractivity contribution in [3.8, 4) is 5.69 Å². The van der Waals surface area contributed by atoms with Gasteiger partial charge in [0.25, 0.3) is 5.91 Å². The number of amides is 1. The van der Waals surface area contributed by atoms with E-state index in [1.165, 1.54) is 6.33 Å². The van der Waals surface area contributed by atoms with Gasteiger partial charge in [-0.25, -0.2) is 22.9 Å². The first-order chi connectivity index (χ1) is 13.4. The SMILES string of the molecule is O=C(OCC(=O)N(C1CC1)[C@@H]1CCS(=O)(=O)C1)c1ccc(-n2cncn2)cc1. The van der Waals surface area contributed by atoms with Crippen LogP contribution in [0, 0.1) is 0 Å². The van der Waals surface area contributed by atoms with E-state index in [1.807, 2.05) is 0 Å². The monoisotopic (exact) mass is 404 g/mol. The summed E-state index contributed by atoms with van der Waals surface area (Å²) in [6, 6.07) is 6.33. The minimum Gasteiger partial charge on any atom is -0.452 e. The van der Waals surface area contributed by atoms with Crippen LogP contribution < -0.4 is 0 Å². The molecule has 1 aromatic heterocycles. The molecule has 1 aliphatic heterocycles. The smallest absolute Gasteiger partial charge is 0.338 e. The van der Waals surface area contributed by atoms with E-state index < -0.39 is 22.4 Å². The van der Waals surface area contributed by atoms with Crippen LogP contribution in [-0.2, 0) is 19.4 Å². The minimum absolute atomic E-state index is 0.00701. The molecule has 28 heavy (non-hydrogen) atoms. The van der Waals surface area contributed by atoms with Gasteiger partial charge in [0, 0.05) is 12.1 Å². The zero-order valence-corrected chi connectivity index (χ0v) is 15.9. The molecule has 0 N–H and O–H groups in total. The first kappa shape index (κ1) is 18.6. The fourth-order valence-corrected chi connectivity index (χ4v) is 5.14. The number of carbonyl (C=O) groups is 2. The molecule has 1 saturated carbocycles. The number of rotatable bonds is 6. The van der Waals surface area contributed by atoms with Crippen molar-refractivity contribution in [2.24, 2.45) is 0 Å². The Morgan fingerprint density at radius 1 is 1.14 bits per heavy atom. The van der Waals surface area contributed by atoms with Gasteiger partial charge in [-0.3, -0.25) is 4.79 Å². The molecule has 1 aliphatic carbocycles. The van der Waals surface area contributed by atoms with Crippen molar-refractivity contribution in [3.63, 3.8) is 0 Å². The first-order valence-corrected chi connectivity index (χ1v) is 10.9. The van der Waals surface area contributed by atoms with Gasteiger partial charge in [0.15, 0.2) is 16.4 Å². The van der Waals surface area contributed by atoms with Gasteiger partial charge < -0.3 is 9.64 Å². The number of benzene rings is 1. The highest BCUT2D eigenvalue weighted by Gasteiger charge is 2.42. The predicted molar refractivity (Wildman–Crippen MR) is 98.6 cm³/mol. The average Bonchev–Trinajstić information content (AvgIpc) is 3.21. The van der Waals surface area contributed by atoms with Crippen molar-refractivity contribution < 1.29 is 22.7 Å². The Kier molecular flexibility index (Phi) is 4.88. The summed E-state index contributed by atoms with van der Waals surface area (Å²) in [6.45, 7) is -0.392. The van der Waals surface area contributed by atoms with E-state index in [0.717, 1.165) is 18.5 Å². The number of carbonyl (C=O) groups excluding carboxylic acids is 2. The van der Waals surface area contributed by atoms with Gasteiger partial charge in [-0.1, -0.05) is 0 Å². The average molecular weight is 404 g/mol. The number of aromatic nitrogens is 3. The number of hydrogen-bond acceptors (Lipinski definition) is 7. The van der Waals surface area contributed by atoms with E-state index in [1.54, 1.807) is 40.2 Å². The maximum absolute atomic E-state index is 12.6. The maximum atomic E-state index is 12.6. The topological polar surface area (TPSA) is 111 Å². The highest BCUT2D eigenvalue weighted by molar-refractivity contribution is 7.91. The van der Waals surface area contributed by atoms with Gasteiger partial charge in [-0.15, -0.1) is 0 Å². The number of ether oxygens (including phenoxy) is 1. The van der Waals surface area contributed by atoms with Gasteiger partial charge in [0.1, 0.15) is 12.7 Å². The molecular formula is C18H20N4O5S. The van der Waals surface area contributed by atoms with Gasteiger partial charge in [0.2, 0.25) is 0 Å². The van der Waals surface area contributed by atoms with E-state index in [0.29, 0.717) is 12.0 Å². The molecule has 1 saturated heterocycles. The van der Waals surface area contributed by atoms with Crippen LogP contribution in [0.1, 0.15) is 29.6 Å². The second-order valence-corrected chi connectivity index (χ2v) is 9.28. The number of nitrogens with zero attached hydrogens (tertiary/aromatic N) is 4. The Morgan fingerprint density at radius 2 is 1.89 bits per heavy atom. The summed E-state index contributed by atoms with van der Waals surface area (Å²) in [7, 11) is -3.09. The van der Waals surface area contributed by atoms with Crippen LogP contribution in [0.25, 0.3) is 5.69 Å². The molecule has 2 fully saturated rings. The van der Waals surface area contributed by atoms with Gasteiger partial charge >= 0.3 is 5.97 Å². The second kappa shape index (κ2) is 7.34. The molecule has 4 rings (SSSR count).